The molecule has 22 heavy (non-hydrogen) atoms. The number of fused-ring (bicyclic) bond motifs is 1. The van der Waals surface area contributed by atoms with Gasteiger partial charge in [-0.1, -0.05) is 23.9 Å². The first-order chi connectivity index (χ1) is 10.6. The molecule has 0 saturated heterocycles. The quantitative estimate of drug-likeness (QED) is 0.748. The van der Waals surface area contributed by atoms with Gasteiger partial charge < -0.3 is 5.32 Å². The summed E-state index contributed by atoms with van der Waals surface area (Å²) in [5.41, 5.74) is 2.75. The molecule has 0 aliphatic heterocycles. The van der Waals surface area contributed by atoms with E-state index >= 15 is 0 Å². The molecule has 1 heterocycles. The third-order valence-electron chi connectivity index (χ3n) is 3.45. The van der Waals surface area contributed by atoms with Crippen LogP contribution in [0.3, 0.4) is 0 Å². The van der Waals surface area contributed by atoms with E-state index in [9.17, 15) is 4.79 Å². The molecule has 1 aromatic heterocycles. The zero-order valence-corrected chi connectivity index (χ0v) is 14.3. The van der Waals surface area contributed by atoms with Crippen LogP contribution >= 0.6 is 21.2 Å². The molecule has 1 atom stereocenters. The van der Waals surface area contributed by atoms with E-state index in [2.05, 4.69) is 38.0 Å². The van der Waals surface area contributed by atoms with Crippen LogP contribution in [0.4, 0.5) is 0 Å². The van der Waals surface area contributed by atoms with Gasteiger partial charge in [0.2, 0.25) is 0 Å². The number of carbonyl (C=O) groups is 1. The molecule has 4 nitrogen and oxygen atoms in total. The standard InChI is InChI=1S/C16H16N3OPS/c1-10-12-8-7-11(9-14(12)19(21)18-10)22-15-6-4-3-5-13(15)16(20)17-2/h3-9H,21H2,1-2H3,(H,17,20). The fraction of sp³-hybridized carbons (Fsp3) is 0.125. The molecule has 1 amide bonds. The van der Waals surface area contributed by atoms with Crippen LogP contribution in [0.5, 0.6) is 0 Å². The first-order valence-electron chi connectivity index (χ1n) is 6.83. The second-order valence-electron chi connectivity index (χ2n) is 4.89. The van der Waals surface area contributed by atoms with Gasteiger partial charge in [-0.25, -0.2) is 0 Å². The fourth-order valence-corrected chi connectivity index (χ4v) is 3.71. The average Bonchev–Trinajstić information content (AvgIpc) is 2.81. The van der Waals surface area contributed by atoms with Crippen LogP contribution in [0.15, 0.2) is 52.3 Å². The minimum atomic E-state index is -0.0730. The van der Waals surface area contributed by atoms with E-state index in [1.807, 2.05) is 31.2 Å². The lowest BCUT2D eigenvalue weighted by atomic mass is 10.2. The number of hydrogen-bond donors (Lipinski definition) is 1. The highest BCUT2D eigenvalue weighted by Crippen LogP contribution is 2.33. The van der Waals surface area contributed by atoms with Crippen LogP contribution in [0, 0.1) is 6.92 Å². The van der Waals surface area contributed by atoms with Gasteiger partial charge in [-0.2, -0.15) is 5.10 Å². The lowest BCUT2D eigenvalue weighted by Gasteiger charge is -2.08. The molecule has 0 saturated carbocycles. The van der Waals surface area contributed by atoms with E-state index in [0.717, 1.165) is 26.4 Å². The number of carbonyl (C=O) groups excluding carboxylic acids is 1. The summed E-state index contributed by atoms with van der Waals surface area (Å²) in [6.45, 7) is 2.00. The van der Waals surface area contributed by atoms with Gasteiger partial charge in [0.25, 0.3) is 5.91 Å². The van der Waals surface area contributed by atoms with E-state index in [1.165, 1.54) is 0 Å². The van der Waals surface area contributed by atoms with Crippen molar-refractivity contribution in [3.63, 3.8) is 0 Å². The highest BCUT2D eigenvalue weighted by atomic mass is 32.2. The SMILES string of the molecule is CNC(=O)c1ccccc1Sc1ccc2c(C)nn(P)c2c1. The number of rotatable bonds is 3. The topological polar surface area (TPSA) is 46.9 Å². The van der Waals surface area contributed by atoms with Crippen LogP contribution in [-0.2, 0) is 0 Å². The van der Waals surface area contributed by atoms with Crippen molar-refractivity contribution < 1.29 is 4.79 Å². The molecule has 1 N–H and O–H groups in total. The number of aromatic nitrogens is 2. The maximum absolute atomic E-state index is 12.0. The van der Waals surface area contributed by atoms with Crippen LogP contribution in [0.2, 0.25) is 0 Å². The molecule has 6 heteroatoms. The molecule has 0 aliphatic rings. The average molecular weight is 329 g/mol. The van der Waals surface area contributed by atoms with Crippen LogP contribution in [0.1, 0.15) is 16.1 Å². The maximum Gasteiger partial charge on any atom is 0.252 e. The molecular weight excluding hydrogens is 313 g/mol. The Hall–Kier alpha value is -1.84. The first kappa shape index (κ1) is 15.1. The van der Waals surface area contributed by atoms with Crippen LogP contribution in [0.25, 0.3) is 10.9 Å². The normalized spacial score (nSPS) is 10.9. The predicted octanol–water partition coefficient (Wildman–Crippen LogP) is 3.49. The van der Waals surface area contributed by atoms with Crippen molar-refractivity contribution in [2.75, 3.05) is 7.05 Å². The lowest BCUT2D eigenvalue weighted by Crippen LogP contribution is -2.18. The Morgan fingerprint density at radius 1 is 1.27 bits per heavy atom. The summed E-state index contributed by atoms with van der Waals surface area (Å²) in [5.74, 6) is -0.0730. The van der Waals surface area contributed by atoms with Crippen molar-refractivity contribution in [2.45, 2.75) is 16.7 Å². The Morgan fingerprint density at radius 2 is 2.05 bits per heavy atom. The van der Waals surface area contributed by atoms with Gasteiger partial charge in [-0.05, 0) is 46.6 Å². The fourth-order valence-electron chi connectivity index (χ4n) is 2.34. The van der Waals surface area contributed by atoms with Crippen LogP contribution < -0.4 is 5.32 Å². The summed E-state index contributed by atoms with van der Waals surface area (Å²) in [4.78, 5) is 14.0. The molecule has 3 rings (SSSR count). The molecule has 3 aromatic rings. The third kappa shape index (κ3) is 2.74. The molecule has 112 valence electrons. The zero-order valence-electron chi connectivity index (χ0n) is 12.3. The Kier molecular flexibility index (Phi) is 4.19. The van der Waals surface area contributed by atoms with Crippen molar-refractivity contribution in [1.82, 2.24) is 14.9 Å². The molecule has 1 unspecified atom stereocenters. The van der Waals surface area contributed by atoms with Gasteiger partial charge in [0.1, 0.15) is 0 Å². The third-order valence-corrected chi connectivity index (χ3v) is 4.91. The Morgan fingerprint density at radius 3 is 2.82 bits per heavy atom. The number of nitrogens with one attached hydrogen (secondary N) is 1. The second-order valence-corrected chi connectivity index (χ2v) is 6.49. The summed E-state index contributed by atoms with van der Waals surface area (Å²) in [5, 5.41) is 8.22. The number of amides is 1. The summed E-state index contributed by atoms with van der Waals surface area (Å²) in [6, 6.07) is 13.8. The van der Waals surface area contributed by atoms with Crippen molar-refractivity contribution in [2.24, 2.45) is 0 Å². The van der Waals surface area contributed by atoms with E-state index in [-0.39, 0.29) is 5.91 Å². The molecule has 0 aliphatic carbocycles. The predicted molar refractivity (Wildman–Crippen MR) is 93.5 cm³/mol. The lowest BCUT2D eigenvalue weighted by molar-refractivity contribution is 0.0960. The summed E-state index contributed by atoms with van der Waals surface area (Å²) >= 11 is 1.58. The largest absolute Gasteiger partial charge is 0.355 e. The summed E-state index contributed by atoms with van der Waals surface area (Å²) in [6.07, 6.45) is 0. The maximum atomic E-state index is 12.0. The van der Waals surface area contributed by atoms with Gasteiger partial charge in [0.05, 0.1) is 16.8 Å². The summed E-state index contributed by atoms with van der Waals surface area (Å²) in [7, 11) is 4.25. The van der Waals surface area contributed by atoms with Crippen molar-refractivity contribution in [3.05, 3.63) is 53.7 Å². The monoisotopic (exact) mass is 329 g/mol. The molecule has 0 spiro atoms. The number of hydrogen-bond acceptors (Lipinski definition) is 3. The molecular formula is C16H16N3OPS. The van der Waals surface area contributed by atoms with Crippen LogP contribution in [-0.4, -0.2) is 22.5 Å². The van der Waals surface area contributed by atoms with Crippen molar-refractivity contribution in [3.8, 4) is 0 Å². The van der Waals surface area contributed by atoms with Gasteiger partial charge in [0, 0.05) is 22.2 Å². The van der Waals surface area contributed by atoms with Gasteiger partial charge in [-0.3, -0.25) is 9.25 Å². The zero-order chi connectivity index (χ0) is 15.7. The van der Waals surface area contributed by atoms with Gasteiger partial charge >= 0.3 is 0 Å². The molecule has 0 radical (unpaired) electrons. The van der Waals surface area contributed by atoms with E-state index in [4.69, 9.17) is 0 Å². The molecule has 2 aromatic carbocycles. The Balaban J connectivity index is 2.00. The molecule has 0 fully saturated rings. The minimum absolute atomic E-state index is 0.0730. The highest BCUT2D eigenvalue weighted by Gasteiger charge is 2.12. The molecule has 0 bridgehead atoms. The number of benzene rings is 2. The van der Waals surface area contributed by atoms with Gasteiger partial charge in [0.15, 0.2) is 0 Å². The summed E-state index contributed by atoms with van der Waals surface area (Å²) < 4.78 is 1.80. The number of nitrogens with zero attached hydrogens (tertiary/aromatic N) is 2. The Bertz CT molecular complexity index is 860. The van der Waals surface area contributed by atoms with E-state index in [0.29, 0.717) is 5.56 Å². The van der Waals surface area contributed by atoms with E-state index < -0.39 is 0 Å². The highest BCUT2D eigenvalue weighted by molar-refractivity contribution is 7.99. The smallest absolute Gasteiger partial charge is 0.252 e. The first-order valence-corrected chi connectivity index (χ1v) is 8.17. The minimum Gasteiger partial charge on any atom is -0.355 e. The van der Waals surface area contributed by atoms with E-state index in [1.54, 1.807) is 23.3 Å². The van der Waals surface area contributed by atoms with Crippen molar-refractivity contribution in [1.29, 1.82) is 0 Å². The van der Waals surface area contributed by atoms with Gasteiger partial charge in [-0.15, -0.1) is 0 Å². The second kappa shape index (κ2) is 6.11. The van der Waals surface area contributed by atoms with Crippen molar-refractivity contribution >= 4 is 38.0 Å². The number of aryl methyl sites for hydroxylation is 1. The Labute approximate surface area is 135 Å².